The van der Waals surface area contributed by atoms with Gasteiger partial charge in [-0.2, -0.15) is 0 Å². The number of aromatic nitrogens is 1. The van der Waals surface area contributed by atoms with Gasteiger partial charge in [0.15, 0.2) is 0 Å². The Bertz CT molecular complexity index is 615. The SMILES string of the molecule is COC(=O)C1CC(O)CN1C(=O)Cn1cc(Br)ccc1=O. The van der Waals surface area contributed by atoms with Crippen molar-refractivity contribution in [2.45, 2.75) is 25.1 Å². The van der Waals surface area contributed by atoms with E-state index in [4.69, 9.17) is 0 Å². The molecular formula is C13H15BrN2O5. The predicted molar refractivity (Wildman–Crippen MR) is 76.5 cm³/mol. The van der Waals surface area contributed by atoms with Crippen LogP contribution in [0.3, 0.4) is 0 Å². The first kappa shape index (κ1) is 15.7. The maximum Gasteiger partial charge on any atom is 0.328 e. The molecule has 0 bridgehead atoms. The summed E-state index contributed by atoms with van der Waals surface area (Å²) in [5.41, 5.74) is -0.319. The zero-order valence-electron chi connectivity index (χ0n) is 11.4. The first-order chi connectivity index (χ1) is 9.92. The van der Waals surface area contributed by atoms with Gasteiger partial charge in [-0.3, -0.25) is 9.59 Å². The highest BCUT2D eigenvalue weighted by molar-refractivity contribution is 9.10. The maximum atomic E-state index is 12.3. The molecule has 114 valence electrons. The lowest BCUT2D eigenvalue weighted by atomic mass is 10.2. The number of carbonyl (C=O) groups is 2. The molecule has 0 radical (unpaired) electrons. The summed E-state index contributed by atoms with van der Waals surface area (Å²) in [6, 6.07) is 2.12. The van der Waals surface area contributed by atoms with Crippen LogP contribution in [0.4, 0.5) is 0 Å². The largest absolute Gasteiger partial charge is 0.467 e. The minimum absolute atomic E-state index is 0.0569. The van der Waals surface area contributed by atoms with Gasteiger partial charge in [0.2, 0.25) is 5.91 Å². The predicted octanol–water partition coefficient (Wildman–Crippen LogP) is -0.254. The van der Waals surface area contributed by atoms with Crippen molar-refractivity contribution < 1.29 is 19.4 Å². The van der Waals surface area contributed by atoms with Gasteiger partial charge in [0.1, 0.15) is 12.6 Å². The van der Waals surface area contributed by atoms with Gasteiger partial charge in [-0.25, -0.2) is 4.79 Å². The standard InChI is InChI=1S/C13H15BrN2O5/c1-21-13(20)10-4-9(17)6-16(10)12(19)7-15-5-8(14)2-3-11(15)18/h2-3,5,9-10,17H,4,6-7H2,1H3. The van der Waals surface area contributed by atoms with E-state index in [1.54, 1.807) is 6.07 Å². The Morgan fingerprint density at radius 3 is 2.86 bits per heavy atom. The summed E-state index contributed by atoms with van der Waals surface area (Å²) in [7, 11) is 1.23. The molecule has 0 saturated carbocycles. The number of aliphatic hydroxyl groups excluding tert-OH is 1. The van der Waals surface area contributed by atoms with Crippen molar-refractivity contribution in [2.24, 2.45) is 0 Å². The summed E-state index contributed by atoms with van der Waals surface area (Å²) in [5.74, 6) is -0.983. The number of pyridine rings is 1. The number of esters is 1. The van der Waals surface area contributed by atoms with Gasteiger partial charge in [-0.1, -0.05) is 0 Å². The highest BCUT2D eigenvalue weighted by Gasteiger charge is 2.39. The fourth-order valence-electron chi connectivity index (χ4n) is 2.31. The summed E-state index contributed by atoms with van der Waals surface area (Å²) in [5, 5.41) is 9.65. The van der Waals surface area contributed by atoms with Gasteiger partial charge in [0, 0.05) is 29.7 Å². The molecule has 2 rings (SSSR count). The zero-order chi connectivity index (χ0) is 15.6. The van der Waals surface area contributed by atoms with Gasteiger partial charge >= 0.3 is 5.97 Å². The molecule has 2 heterocycles. The average molecular weight is 359 g/mol. The molecule has 1 aliphatic rings. The molecule has 2 unspecified atom stereocenters. The monoisotopic (exact) mass is 358 g/mol. The number of amides is 1. The third kappa shape index (κ3) is 3.51. The first-order valence-corrected chi connectivity index (χ1v) is 7.13. The van der Waals surface area contributed by atoms with Crippen molar-refractivity contribution in [3.8, 4) is 0 Å². The van der Waals surface area contributed by atoms with E-state index in [0.717, 1.165) is 0 Å². The molecule has 0 aliphatic carbocycles. The Labute approximate surface area is 129 Å². The smallest absolute Gasteiger partial charge is 0.328 e. The van der Waals surface area contributed by atoms with Crippen LogP contribution in [0.2, 0.25) is 0 Å². The van der Waals surface area contributed by atoms with E-state index in [2.05, 4.69) is 20.7 Å². The van der Waals surface area contributed by atoms with Crippen LogP contribution in [-0.4, -0.2) is 52.3 Å². The second kappa shape index (κ2) is 6.40. The Morgan fingerprint density at radius 1 is 1.48 bits per heavy atom. The van der Waals surface area contributed by atoms with Gasteiger partial charge < -0.3 is 19.3 Å². The van der Waals surface area contributed by atoms with Crippen molar-refractivity contribution in [3.05, 3.63) is 33.2 Å². The van der Waals surface area contributed by atoms with Crippen LogP contribution in [0.5, 0.6) is 0 Å². The molecule has 1 aromatic heterocycles. The average Bonchev–Trinajstić information content (AvgIpc) is 2.84. The topological polar surface area (TPSA) is 88.8 Å². The van der Waals surface area contributed by atoms with Crippen molar-refractivity contribution >= 4 is 27.8 Å². The van der Waals surface area contributed by atoms with E-state index in [1.807, 2.05) is 0 Å². The van der Waals surface area contributed by atoms with E-state index in [0.29, 0.717) is 4.47 Å². The number of β-amino-alcohol motifs (C(OH)–C–C–N with tert-alkyl or cyclic N) is 1. The van der Waals surface area contributed by atoms with Crippen molar-refractivity contribution in [2.75, 3.05) is 13.7 Å². The zero-order valence-corrected chi connectivity index (χ0v) is 12.9. The number of nitrogens with zero attached hydrogens (tertiary/aromatic N) is 2. The molecule has 7 nitrogen and oxygen atoms in total. The summed E-state index contributed by atoms with van der Waals surface area (Å²) >= 11 is 3.23. The number of halogens is 1. The molecule has 1 fully saturated rings. The molecule has 0 aromatic carbocycles. The van der Waals surface area contributed by atoms with E-state index >= 15 is 0 Å². The fourth-order valence-corrected chi connectivity index (χ4v) is 2.69. The molecule has 0 spiro atoms. The number of hydrogen-bond acceptors (Lipinski definition) is 5. The van der Waals surface area contributed by atoms with Gasteiger partial charge in [-0.05, 0) is 22.0 Å². The minimum Gasteiger partial charge on any atom is -0.467 e. The summed E-state index contributed by atoms with van der Waals surface area (Å²) < 4.78 is 6.54. The van der Waals surface area contributed by atoms with Gasteiger partial charge in [0.05, 0.1) is 13.2 Å². The molecular weight excluding hydrogens is 344 g/mol. The molecule has 1 N–H and O–H groups in total. The van der Waals surface area contributed by atoms with Crippen LogP contribution >= 0.6 is 15.9 Å². The van der Waals surface area contributed by atoms with Gasteiger partial charge in [0.25, 0.3) is 5.56 Å². The lowest BCUT2D eigenvalue weighted by Crippen LogP contribution is -2.43. The number of carbonyl (C=O) groups excluding carboxylic acids is 2. The molecule has 2 atom stereocenters. The van der Waals surface area contributed by atoms with E-state index in [-0.39, 0.29) is 25.1 Å². The number of hydrogen-bond donors (Lipinski definition) is 1. The Morgan fingerprint density at radius 2 is 2.19 bits per heavy atom. The molecule has 1 saturated heterocycles. The highest BCUT2D eigenvalue weighted by atomic mass is 79.9. The van der Waals surface area contributed by atoms with Crippen molar-refractivity contribution in [1.82, 2.24) is 9.47 Å². The quantitative estimate of drug-likeness (QED) is 0.752. The van der Waals surface area contributed by atoms with Crippen molar-refractivity contribution in [3.63, 3.8) is 0 Å². The number of ether oxygens (including phenoxy) is 1. The van der Waals surface area contributed by atoms with E-state index < -0.39 is 24.0 Å². The molecule has 1 aliphatic heterocycles. The molecule has 21 heavy (non-hydrogen) atoms. The van der Waals surface area contributed by atoms with Crippen LogP contribution in [0.15, 0.2) is 27.6 Å². The van der Waals surface area contributed by atoms with Crippen LogP contribution in [0.1, 0.15) is 6.42 Å². The summed E-state index contributed by atoms with van der Waals surface area (Å²) in [6.07, 6.45) is 0.878. The molecule has 1 amide bonds. The Hall–Kier alpha value is -1.67. The first-order valence-electron chi connectivity index (χ1n) is 6.33. The highest BCUT2D eigenvalue weighted by Crippen LogP contribution is 2.19. The van der Waals surface area contributed by atoms with Gasteiger partial charge in [-0.15, -0.1) is 0 Å². The second-order valence-electron chi connectivity index (χ2n) is 4.79. The van der Waals surface area contributed by atoms with Crippen LogP contribution in [0, 0.1) is 0 Å². The number of likely N-dealkylation sites (tertiary alicyclic amines) is 1. The third-order valence-corrected chi connectivity index (χ3v) is 3.79. The van der Waals surface area contributed by atoms with E-state index in [9.17, 15) is 19.5 Å². The van der Waals surface area contributed by atoms with Crippen molar-refractivity contribution in [1.29, 1.82) is 0 Å². The number of methoxy groups -OCH3 is 1. The fraction of sp³-hybridized carbons (Fsp3) is 0.462. The summed E-state index contributed by atoms with van der Waals surface area (Å²) in [6.45, 7) is -0.139. The van der Waals surface area contributed by atoms with Crippen LogP contribution in [-0.2, 0) is 20.9 Å². The second-order valence-corrected chi connectivity index (χ2v) is 5.70. The minimum atomic E-state index is -0.805. The lowest BCUT2D eigenvalue weighted by Gasteiger charge is -2.22. The maximum absolute atomic E-state index is 12.3. The number of rotatable bonds is 3. The normalized spacial score (nSPS) is 21.4. The third-order valence-electron chi connectivity index (χ3n) is 3.33. The lowest BCUT2D eigenvalue weighted by molar-refractivity contribution is -0.151. The van der Waals surface area contributed by atoms with Crippen LogP contribution in [0.25, 0.3) is 0 Å². The summed E-state index contributed by atoms with van der Waals surface area (Å²) in [4.78, 5) is 36.9. The molecule has 1 aromatic rings. The number of aliphatic hydroxyl groups is 1. The molecule has 8 heteroatoms. The van der Waals surface area contributed by atoms with Crippen LogP contribution < -0.4 is 5.56 Å². The Kier molecular flexibility index (Phi) is 4.79. The van der Waals surface area contributed by atoms with E-state index in [1.165, 1.54) is 28.8 Å². The Balaban J connectivity index is 2.17.